The number of hydrogen-bond donors (Lipinski definition) is 2. The summed E-state index contributed by atoms with van der Waals surface area (Å²) >= 11 is 3.43. The molecule has 1 unspecified atom stereocenters. The van der Waals surface area contributed by atoms with Crippen molar-refractivity contribution in [2.24, 2.45) is 5.73 Å². The van der Waals surface area contributed by atoms with Crippen molar-refractivity contribution >= 4 is 27.5 Å². The van der Waals surface area contributed by atoms with Crippen molar-refractivity contribution < 1.29 is 9.53 Å². The van der Waals surface area contributed by atoms with Crippen LogP contribution in [0.4, 0.5) is 5.69 Å². The molecule has 4 nitrogen and oxygen atoms in total. The molecule has 0 radical (unpaired) electrons. The van der Waals surface area contributed by atoms with Crippen LogP contribution in [0.1, 0.15) is 12.0 Å². The number of nitrogens with one attached hydrogen (secondary N) is 1. The quantitative estimate of drug-likeness (QED) is 0.897. The predicted octanol–water partition coefficient (Wildman–Crippen LogP) is 3.02. The molecule has 2 aromatic rings. The molecule has 0 saturated heterocycles. The normalized spacial score (nSPS) is 20.2. The summed E-state index contributed by atoms with van der Waals surface area (Å²) < 4.78 is 6.57. The van der Waals surface area contributed by atoms with Gasteiger partial charge in [-0.05, 0) is 24.3 Å². The molecule has 0 saturated carbocycles. The van der Waals surface area contributed by atoms with Crippen molar-refractivity contribution in [1.82, 2.24) is 0 Å². The number of ether oxygens (including phenoxy) is 1. The molecule has 0 spiro atoms. The molecule has 0 fully saturated rings. The van der Waals surface area contributed by atoms with Gasteiger partial charge < -0.3 is 15.8 Å². The molecule has 1 aliphatic heterocycles. The van der Waals surface area contributed by atoms with Crippen molar-refractivity contribution in [1.29, 1.82) is 0 Å². The van der Waals surface area contributed by atoms with Gasteiger partial charge in [-0.15, -0.1) is 0 Å². The van der Waals surface area contributed by atoms with E-state index in [9.17, 15) is 4.79 Å². The Hall–Kier alpha value is -2.01. The highest BCUT2D eigenvalue weighted by atomic mass is 79.9. The smallest absolute Gasteiger partial charge is 0.248 e. The molecule has 1 aliphatic rings. The highest BCUT2D eigenvalue weighted by molar-refractivity contribution is 9.10. The van der Waals surface area contributed by atoms with Crippen LogP contribution in [0.5, 0.6) is 5.75 Å². The van der Waals surface area contributed by atoms with Gasteiger partial charge in [0.2, 0.25) is 5.91 Å². The van der Waals surface area contributed by atoms with Crippen LogP contribution in [0.3, 0.4) is 0 Å². The molecule has 0 bridgehead atoms. The maximum absolute atomic E-state index is 12.2. The number of rotatable bonds is 3. The SMILES string of the molecule is NC(=O)C1(Nc2cccc(Br)c2)CCOc2ccccc21. The molecule has 1 amide bonds. The van der Waals surface area contributed by atoms with E-state index in [0.29, 0.717) is 18.8 Å². The van der Waals surface area contributed by atoms with E-state index in [1.54, 1.807) is 0 Å². The van der Waals surface area contributed by atoms with Gasteiger partial charge in [-0.3, -0.25) is 4.79 Å². The second-order valence-corrected chi connectivity index (χ2v) is 5.92. The number of carbonyl (C=O) groups is 1. The topological polar surface area (TPSA) is 64.4 Å². The number of nitrogens with two attached hydrogens (primary N) is 1. The minimum absolute atomic E-state index is 0.404. The molecular formula is C16H15BrN2O2. The first-order chi connectivity index (χ1) is 10.1. The van der Waals surface area contributed by atoms with Crippen LogP contribution in [0, 0.1) is 0 Å². The molecule has 108 valence electrons. The van der Waals surface area contributed by atoms with Crippen LogP contribution in [0.25, 0.3) is 0 Å². The van der Waals surface area contributed by atoms with E-state index in [1.165, 1.54) is 0 Å². The van der Waals surface area contributed by atoms with E-state index in [-0.39, 0.29) is 0 Å². The first kappa shape index (κ1) is 13.9. The molecule has 1 atom stereocenters. The summed E-state index contributed by atoms with van der Waals surface area (Å²) in [6.07, 6.45) is 0.492. The maximum Gasteiger partial charge on any atom is 0.248 e. The van der Waals surface area contributed by atoms with E-state index < -0.39 is 11.4 Å². The van der Waals surface area contributed by atoms with Crippen LogP contribution < -0.4 is 15.8 Å². The summed E-state index contributed by atoms with van der Waals surface area (Å²) in [6.45, 7) is 0.445. The Morgan fingerprint density at radius 2 is 2.05 bits per heavy atom. The second-order valence-electron chi connectivity index (χ2n) is 5.00. The lowest BCUT2D eigenvalue weighted by Gasteiger charge is -2.37. The van der Waals surface area contributed by atoms with Gasteiger partial charge in [0.05, 0.1) is 6.61 Å². The fourth-order valence-corrected chi connectivity index (χ4v) is 3.05. The van der Waals surface area contributed by atoms with Crippen LogP contribution in [-0.4, -0.2) is 12.5 Å². The average molecular weight is 347 g/mol. The summed E-state index contributed by atoms with van der Waals surface area (Å²) in [5.74, 6) is 0.295. The molecule has 3 rings (SSSR count). The molecule has 3 N–H and O–H groups in total. The first-order valence-corrected chi connectivity index (χ1v) is 7.47. The Kier molecular flexibility index (Phi) is 3.59. The van der Waals surface area contributed by atoms with E-state index >= 15 is 0 Å². The minimum atomic E-state index is -0.949. The lowest BCUT2D eigenvalue weighted by atomic mass is 9.83. The van der Waals surface area contributed by atoms with E-state index in [0.717, 1.165) is 15.7 Å². The van der Waals surface area contributed by atoms with Gasteiger partial charge >= 0.3 is 0 Å². The van der Waals surface area contributed by atoms with E-state index in [4.69, 9.17) is 10.5 Å². The zero-order valence-corrected chi connectivity index (χ0v) is 12.9. The maximum atomic E-state index is 12.2. The van der Waals surface area contributed by atoms with Crippen molar-refractivity contribution in [3.8, 4) is 5.75 Å². The Labute approximate surface area is 131 Å². The third kappa shape index (κ3) is 2.49. The number of carbonyl (C=O) groups excluding carboxylic acids is 1. The van der Waals surface area contributed by atoms with Crippen molar-refractivity contribution in [2.75, 3.05) is 11.9 Å². The monoisotopic (exact) mass is 346 g/mol. The van der Waals surface area contributed by atoms with Gasteiger partial charge in [0.15, 0.2) is 0 Å². The lowest BCUT2D eigenvalue weighted by Crippen LogP contribution is -2.50. The number of fused-ring (bicyclic) bond motifs is 1. The Bertz CT molecular complexity index is 689. The van der Waals surface area contributed by atoms with Gasteiger partial charge in [-0.25, -0.2) is 0 Å². The summed E-state index contributed by atoms with van der Waals surface area (Å²) in [7, 11) is 0. The van der Waals surface area contributed by atoms with Crippen LogP contribution >= 0.6 is 15.9 Å². The van der Waals surface area contributed by atoms with Crippen molar-refractivity contribution in [2.45, 2.75) is 12.0 Å². The largest absolute Gasteiger partial charge is 0.493 e. The number of primary amides is 1. The Morgan fingerprint density at radius 1 is 1.24 bits per heavy atom. The number of benzene rings is 2. The van der Waals surface area contributed by atoms with E-state index in [2.05, 4.69) is 21.2 Å². The lowest BCUT2D eigenvalue weighted by molar-refractivity contribution is -0.123. The van der Waals surface area contributed by atoms with E-state index in [1.807, 2.05) is 48.5 Å². The Morgan fingerprint density at radius 3 is 2.81 bits per heavy atom. The van der Waals surface area contributed by atoms with Crippen molar-refractivity contribution in [3.05, 3.63) is 58.6 Å². The van der Waals surface area contributed by atoms with Gasteiger partial charge in [-0.1, -0.05) is 40.2 Å². The van der Waals surface area contributed by atoms with Gasteiger partial charge in [0.1, 0.15) is 11.3 Å². The summed E-state index contributed by atoms with van der Waals surface area (Å²) in [6, 6.07) is 15.2. The summed E-state index contributed by atoms with van der Waals surface area (Å²) in [4.78, 5) is 12.2. The number of halogens is 1. The first-order valence-electron chi connectivity index (χ1n) is 6.68. The molecule has 5 heteroatoms. The fraction of sp³-hybridized carbons (Fsp3) is 0.188. The standard InChI is InChI=1S/C16H15BrN2O2/c17-11-4-3-5-12(10-11)19-16(15(18)20)8-9-21-14-7-2-1-6-13(14)16/h1-7,10,19H,8-9H2,(H2,18,20). The highest BCUT2D eigenvalue weighted by Gasteiger charge is 2.43. The predicted molar refractivity (Wildman–Crippen MR) is 85.2 cm³/mol. The molecule has 0 aromatic heterocycles. The number of para-hydroxylation sites is 1. The second kappa shape index (κ2) is 5.41. The van der Waals surface area contributed by atoms with Crippen molar-refractivity contribution in [3.63, 3.8) is 0 Å². The van der Waals surface area contributed by atoms with Gasteiger partial charge in [-0.2, -0.15) is 0 Å². The highest BCUT2D eigenvalue weighted by Crippen LogP contribution is 2.39. The number of anilines is 1. The third-order valence-electron chi connectivity index (χ3n) is 3.68. The zero-order valence-electron chi connectivity index (χ0n) is 11.3. The molecule has 2 aromatic carbocycles. The zero-order chi connectivity index (χ0) is 14.9. The van der Waals surface area contributed by atoms with Gasteiger partial charge in [0, 0.05) is 22.1 Å². The summed E-state index contributed by atoms with van der Waals surface area (Å²) in [5, 5.41) is 3.31. The van der Waals surface area contributed by atoms with Crippen LogP contribution in [0.2, 0.25) is 0 Å². The third-order valence-corrected chi connectivity index (χ3v) is 4.18. The number of hydrogen-bond acceptors (Lipinski definition) is 3. The molecule has 21 heavy (non-hydrogen) atoms. The van der Waals surface area contributed by atoms with Gasteiger partial charge in [0.25, 0.3) is 0 Å². The minimum Gasteiger partial charge on any atom is -0.493 e. The fourth-order valence-electron chi connectivity index (χ4n) is 2.65. The molecule has 0 aliphatic carbocycles. The Balaban J connectivity index is 2.08. The molecule has 1 heterocycles. The summed E-state index contributed by atoms with van der Waals surface area (Å²) in [5.41, 5.74) is 6.40. The number of amides is 1. The average Bonchev–Trinajstić information content (AvgIpc) is 2.47. The molecular weight excluding hydrogens is 332 g/mol. The van der Waals surface area contributed by atoms with Crippen LogP contribution in [0.15, 0.2) is 53.0 Å². The van der Waals surface area contributed by atoms with Crippen LogP contribution in [-0.2, 0) is 10.3 Å².